The third-order valence-electron chi connectivity index (χ3n) is 4.97. The molecule has 1 aromatic carbocycles. The Morgan fingerprint density at radius 3 is 2.35 bits per heavy atom. The summed E-state index contributed by atoms with van der Waals surface area (Å²) in [5.41, 5.74) is -5.62. The molecule has 0 saturated heterocycles. The summed E-state index contributed by atoms with van der Waals surface area (Å²) in [6, 6.07) is 5.06. The SMILES string of the molecule is O=C(Nc1cnc(-n2nccn2)c(Cl)c1)C1=C(Cl)C=C(c2ccc(F)cc2)C(F)(C(F)(F)F)C1. The molecule has 6 nitrogen and oxygen atoms in total. The molecule has 0 saturated carbocycles. The van der Waals surface area contributed by atoms with Crippen LogP contribution in [0.4, 0.5) is 27.6 Å². The molecule has 4 rings (SSSR count). The monoisotopic (exact) mass is 515 g/mol. The highest BCUT2D eigenvalue weighted by Crippen LogP contribution is 2.51. The molecule has 1 aliphatic carbocycles. The van der Waals surface area contributed by atoms with Gasteiger partial charge < -0.3 is 5.32 Å². The van der Waals surface area contributed by atoms with E-state index in [0.29, 0.717) is 0 Å². The van der Waals surface area contributed by atoms with Crippen LogP contribution in [0.25, 0.3) is 11.4 Å². The Morgan fingerprint density at radius 1 is 1.12 bits per heavy atom. The molecule has 0 bridgehead atoms. The fourth-order valence-corrected chi connectivity index (χ4v) is 3.82. The van der Waals surface area contributed by atoms with E-state index in [4.69, 9.17) is 23.2 Å². The van der Waals surface area contributed by atoms with E-state index in [-0.39, 0.29) is 22.1 Å². The predicted octanol–water partition coefficient (Wildman–Crippen LogP) is 5.64. The van der Waals surface area contributed by atoms with Crippen LogP contribution in [0.2, 0.25) is 5.02 Å². The van der Waals surface area contributed by atoms with E-state index in [1.165, 1.54) is 24.7 Å². The molecule has 2 heterocycles. The first-order valence-electron chi connectivity index (χ1n) is 9.45. The summed E-state index contributed by atoms with van der Waals surface area (Å²) in [6.45, 7) is 0. The van der Waals surface area contributed by atoms with Gasteiger partial charge in [0.1, 0.15) is 5.82 Å². The van der Waals surface area contributed by atoms with Gasteiger partial charge in [-0.25, -0.2) is 13.8 Å². The highest BCUT2D eigenvalue weighted by Gasteiger charge is 2.60. The van der Waals surface area contributed by atoms with E-state index in [9.17, 15) is 22.4 Å². The summed E-state index contributed by atoms with van der Waals surface area (Å²) in [5, 5.41) is 9.69. The lowest BCUT2D eigenvalue weighted by atomic mass is 9.79. The van der Waals surface area contributed by atoms with Gasteiger partial charge in [0.15, 0.2) is 5.82 Å². The van der Waals surface area contributed by atoms with Gasteiger partial charge in [-0.2, -0.15) is 23.4 Å². The molecule has 1 N–H and O–H groups in total. The molecule has 176 valence electrons. The Bertz CT molecular complexity index is 1310. The average molecular weight is 516 g/mol. The number of allylic oxidation sites excluding steroid dienone is 3. The van der Waals surface area contributed by atoms with Crippen LogP contribution in [0.3, 0.4) is 0 Å². The fourth-order valence-electron chi connectivity index (χ4n) is 3.31. The Kier molecular flexibility index (Phi) is 6.17. The predicted molar refractivity (Wildman–Crippen MR) is 115 cm³/mol. The molecule has 1 amide bonds. The molecule has 1 atom stereocenters. The van der Waals surface area contributed by atoms with Gasteiger partial charge in [-0.1, -0.05) is 35.3 Å². The highest BCUT2D eigenvalue weighted by molar-refractivity contribution is 6.35. The van der Waals surface area contributed by atoms with E-state index >= 15 is 4.39 Å². The smallest absolute Gasteiger partial charge is 0.321 e. The third-order valence-corrected chi connectivity index (χ3v) is 5.59. The summed E-state index contributed by atoms with van der Waals surface area (Å²) in [6.07, 6.45) is -2.10. The first-order valence-corrected chi connectivity index (χ1v) is 10.2. The number of pyridine rings is 1. The van der Waals surface area contributed by atoms with Crippen molar-refractivity contribution in [1.82, 2.24) is 20.0 Å². The van der Waals surface area contributed by atoms with E-state index in [0.717, 1.165) is 35.1 Å². The molecule has 1 unspecified atom stereocenters. The molecular formula is C21H12Cl2F5N5O. The van der Waals surface area contributed by atoms with Crippen LogP contribution in [0.5, 0.6) is 0 Å². The number of rotatable bonds is 4. The maximum atomic E-state index is 15.5. The molecule has 2 aromatic heterocycles. The second-order valence-electron chi connectivity index (χ2n) is 7.17. The number of hydrogen-bond donors (Lipinski definition) is 1. The van der Waals surface area contributed by atoms with Gasteiger partial charge in [-0.05, 0) is 29.8 Å². The topological polar surface area (TPSA) is 72.7 Å². The quantitative estimate of drug-likeness (QED) is 0.456. The zero-order valence-electron chi connectivity index (χ0n) is 16.7. The Balaban J connectivity index is 1.67. The van der Waals surface area contributed by atoms with Crippen LogP contribution in [0.15, 0.2) is 65.6 Å². The summed E-state index contributed by atoms with van der Waals surface area (Å²) >= 11 is 12.2. The Labute approximate surface area is 198 Å². The first-order chi connectivity index (χ1) is 16.0. The average Bonchev–Trinajstić information content (AvgIpc) is 3.29. The van der Waals surface area contributed by atoms with E-state index in [2.05, 4.69) is 20.5 Å². The van der Waals surface area contributed by atoms with Gasteiger partial charge in [-0.15, -0.1) is 4.80 Å². The van der Waals surface area contributed by atoms with Gasteiger partial charge in [0, 0.05) is 22.6 Å². The van der Waals surface area contributed by atoms with Crippen LogP contribution >= 0.6 is 23.2 Å². The van der Waals surface area contributed by atoms with Crippen molar-refractivity contribution in [2.75, 3.05) is 5.32 Å². The van der Waals surface area contributed by atoms with Gasteiger partial charge >= 0.3 is 6.18 Å². The second kappa shape index (κ2) is 8.80. The number of carbonyl (C=O) groups is 1. The molecule has 13 heteroatoms. The van der Waals surface area contributed by atoms with Crippen molar-refractivity contribution < 1.29 is 26.7 Å². The molecular weight excluding hydrogens is 504 g/mol. The van der Waals surface area contributed by atoms with Crippen LogP contribution in [-0.4, -0.2) is 37.7 Å². The molecule has 0 aliphatic heterocycles. The van der Waals surface area contributed by atoms with Crippen molar-refractivity contribution in [3.63, 3.8) is 0 Å². The number of benzene rings is 1. The summed E-state index contributed by atoms with van der Waals surface area (Å²) in [4.78, 5) is 17.9. The van der Waals surface area contributed by atoms with Gasteiger partial charge in [0.25, 0.3) is 5.91 Å². The zero-order chi connectivity index (χ0) is 24.7. The molecule has 34 heavy (non-hydrogen) atoms. The van der Waals surface area contributed by atoms with Crippen molar-refractivity contribution >= 4 is 40.4 Å². The molecule has 0 radical (unpaired) electrons. The van der Waals surface area contributed by atoms with Gasteiger partial charge in [-0.3, -0.25) is 4.79 Å². The molecule has 3 aromatic rings. The van der Waals surface area contributed by atoms with Crippen LogP contribution in [0.1, 0.15) is 12.0 Å². The summed E-state index contributed by atoms with van der Waals surface area (Å²) in [7, 11) is 0. The van der Waals surface area contributed by atoms with E-state index in [1.807, 2.05) is 0 Å². The normalized spacial score (nSPS) is 18.6. The number of aromatic nitrogens is 4. The van der Waals surface area contributed by atoms with Crippen molar-refractivity contribution in [1.29, 1.82) is 0 Å². The Hall–Kier alpha value is -3.31. The van der Waals surface area contributed by atoms with Crippen molar-refractivity contribution in [2.45, 2.75) is 18.3 Å². The number of halogens is 7. The molecule has 0 fully saturated rings. The number of anilines is 1. The van der Waals surface area contributed by atoms with Gasteiger partial charge in [0.2, 0.25) is 5.67 Å². The molecule has 0 spiro atoms. The van der Waals surface area contributed by atoms with Crippen molar-refractivity contribution in [2.24, 2.45) is 0 Å². The number of hydrogen-bond acceptors (Lipinski definition) is 4. The highest BCUT2D eigenvalue weighted by atomic mass is 35.5. The lowest BCUT2D eigenvalue weighted by Gasteiger charge is -2.34. The zero-order valence-corrected chi connectivity index (χ0v) is 18.3. The maximum absolute atomic E-state index is 15.5. The number of nitrogens with one attached hydrogen (secondary N) is 1. The van der Waals surface area contributed by atoms with Gasteiger partial charge in [0.05, 0.1) is 29.3 Å². The number of nitrogens with zero attached hydrogens (tertiary/aromatic N) is 4. The minimum atomic E-state index is -5.39. The van der Waals surface area contributed by atoms with Crippen LogP contribution < -0.4 is 5.32 Å². The Morgan fingerprint density at radius 2 is 1.76 bits per heavy atom. The molecule has 1 aliphatic rings. The minimum Gasteiger partial charge on any atom is -0.321 e. The van der Waals surface area contributed by atoms with Crippen molar-refractivity contribution in [3.05, 3.63) is 82.0 Å². The standard InChI is InChI=1S/C21H12Cl2F5N5O/c22-16-8-15(11-1-3-12(24)4-2-11)20(25,21(26,27)28)9-14(16)19(34)32-13-7-17(23)18(29-10-13)33-30-5-6-31-33/h1-8,10H,9H2,(H,32,34). The maximum Gasteiger partial charge on any atom is 0.427 e. The first kappa shape index (κ1) is 23.8. The lowest BCUT2D eigenvalue weighted by molar-refractivity contribution is -0.207. The van der Waals surface area contributed by atoms with Crippen LogP contribution in [0, 0.1) is 5.82 Å². The minimum absolute atomic E-state index is 0.0210. The fraction of sp³-hybridized carbons (Fsp3) is 0.143. The van der Waals surface area contributed by atoms with Crippen LogP contribution in [-0.2, 0) is 4.79 Å². The summed E-state index contributed by atoms with van der Waals surface area (Å²) in [5.74, 6) is -1.64. The van der Waals surface area contributed by atoms with Crippen molar-refractivity contribution in [3.8, 4) is 5.82 Å². The number of amides is 1. The van der Waals surface area contributed by atoms with E-state index < -0.39 is 46.2 Å². The lowest BCUT2D eigenvalue weighted by Crippen LogP contribution is -2.44. The second-order valence-corrected chi connectivity index (χ2v) is 7.98. The number of alkyl halides is 4. The summed E-state index contributed by atoms with van der Waals surface area (Å²) < 4.78 is 70.2. The largest absolute Gasteiger partial charge is 0.427 e. The third kappa shape index (κ3) is 4.40. The van der Waals surface area contributed by atoms with E-state index in [1.54, 1.807) is 0 Å². The number of carbonyl (C=O) groups excluding carboxylic acids is 1.